The zero-order chi connectivity index (χ0) is 20.7. The number of aliphatic hydroxyl groups excluding tert-OH is 1. The first-order valence-electron chi connectivity index (χ1n) is 8.87. The number of amides is 1. The standard InChI is InChI=1S/C20H23NO6S/c1-4-15-12(3)17(20(25)26-5-2)18(28-15)21-16(23)11-27-19(24)14-8-6-13(10-22)7-9-14/h6-9,22H,4-5,10-11H2,1-3H3,(H,21,23). The molecule has 0 aliphatic heterocycles. The predicted molar refractivity (Wildman–Crippen MR) is 106 cm³/mol. The molecule has 0 radical (unpaired) electrons. The van der Waals surface area contributed by atoms with Crippen LogP contribution in [0.1, 0.15) is 50.6 Å². The topological polar surface area (TPSA) is 102 Å². The Kier molecular flexibility index (Phi) is 7.71. The minimum absolute atomic E-state index is 0.124. The summed E-state index contributed by atoms with van der Waals surface area (Å²) in [5, 5.41) is 12.0. The summed E-state index contributed by atoms with van der Waals surface area (Å²) in [6, 6.07) is 6.23. The van der Waals surface area contributed by atoms with Crippen LogP contribution in [0.15, 0.2) is 24.3 Å². The molecule has 28 heavy (non-hydrogen) atoms. The number of aryl methyl sites for hydroxylation is 1. The van der Waals surface area contributed by atoms with Gasteiger partial charge in [-0.05, 0) is 43.5 Å². The highest BCUT2D eigenvalue weighted by Gasteiger charge is 2.23. The number of anilines is 1. The lowest BCUT2D eigenvalue weighted by atomic mass is 10.1. The third kappa shape index (κ3) is 5.17. The van der Waals surface area contributed by atoms with Crippen LogP contribution >= 0.6 is 11.3 Å². The number of thiophene rings is 1. The molecule has 2 aromatic rings. The number of benzene rings is 1. The fourth-order valence-electron chi connectivity index (χ4n) is 2.56. The number of carbonyl (C=O) groups is 3. The summed E-state index contributed by atoms with van der Waals surface area (Å²) >= 11 is 1.31. The van der Waals surface area contributed by atoms with Crippen LogP contribution in [-0.4, -0.2) is 36.2 Å². The van der Waals surface area contributed by atoms with Crippen molar-refractivity contribution in [3.8, 4) is 0 Å². The number of hydrogen-bond donors (Lipinski definition) is 2. The summed E-state index contributed by atoms with van der Waals surface area (Å²) in [5.41, 5.74) is 2.06. The highest BCUT2D eigenvalue weighted by atomic mass is 32.1. The molecule has 1 aromatic carbocycles. The van der Waals surface area contributed by atoms with Crippen molar-refractivity contribution >= 4 is 34.2 Å². The number of carbonyl (C=O) groups excluding carboxylic acids is 3. The number of aliphatic hydroxyl groups is 1. The molecule has 7 nitrogen and oxygen atoms in total. The van der Waals surface area contributed by atoms with Crippen molar-refractivity contribution in [2.45, 2.75) is 33.8 Å². The van der Waals surface area contributed by atoms with Gasteiger partial charge < -0.3 is 19.9 Å². The lowest BCUT2D eigenvalue weighted by Crippen LogP contribution is -2.21. The van der Waals surface area contributed by atoms with E-state index >= 15 is 0 Å². The van der Waals surface area contributed by atoms with Gasteiger partial charge in [-0.3, -0.25) is 4.79 Å². The lowest BCUT2D eigenvalue weighted by molar-refractivity contribution is -0.119. The molecular formula is C20H23NO6S. The van der Waals surface area contributed by atoms with E-state index in [1.807, 2.05) is 13.8 Å². The number of esters is 2. The monoisotopic (exact) mass is 405 g/mol. The molecule has 0 spiro atoms. The van der Waals surface area contributed by atoms with Gasteiger partial charge >= 0.3 is 11.9 Å². The van der Waals surface area contributed by atoms with Gasteiger partial charge in [-0.25, -0.2) is 9.59 Å². The molecule has 0 unspecified atom stereocenters. The molecule has 2 rings (SSSR count). The third-order valence-electron chi connectivity index (χ3n) is 4.01. The van der Waals surface area contributed by atoms with Crippen LogP contribution in [0.2, 0.25) is 0 Å². The average Bonchev–Trinajstić information content (AvgIpc) is 3.01. The molecule has 8 heteroatoms. The fourth-order valence-corrected chi connectivity index (χ4v) is 3.71. The van der Waals surface area contributed by atoms with Gasteiger partial charge in [-0.1, -0.05) is 19.1 Å². The SMILES string of the molecule is CCOC(=O)c1c(NC(=O)COC(=O)c2ccc(CO)cc2)sc(CC)c1C. The zero-order valence-electron chi connectivity index (χ0n) is 16.0. The quantitative estimate of drug-likeness (QED) is 0.655. The molecule has 0 atom stereocenters. The maximum absolute atomic E-state index is 12.2. The van der Waals surface area contributed by atoms with E-state index in [2.05, 4.69) is 5.32 Å². The minimum atomic E-state index is -0.651. The highest BCUT2D eigenvalue weighted by molar-refractivity contribution is 7.17. The van der Waals surface area contributed by atoms with E-state index in [1.54, 1.807) is 19.1 Å². The van der Waals surface area contributed by atoms with E-state index in [0.29, 0.717) is 16.1 Å². The molecule has 1 heterocycles. The average molecular weight is 405 g/mol. The molecule has 0 aliphatic carbocycles. The van der Waals surface area contributed by atoms with Crippen molar-refractivity contribution < 1.29 is 29.0 Å². The molecule has 0 fully saturated rings. The van der Waals surface area contributed by atoms with Crippen LogP contribution in [-0.2, 0) is 27.3 Å². The van der Waals surface area contributed by atoms with Gasteiger partial charge in [0.15, 0.2) is 6.61 Å². The smallest absolute Gasteiger partial charge is 0.341 e. The fraction of sp³-hybridized carbons (Fsp3) is 0.350. The second kappa shape index (κ2) is 10.0. The second-order valence-electron chi connectivity index (χ2n) is 5.91. The van der Waals surface area contributed by atoms with Crippen molar-refractivity contribution in [2.24, 2.45) is 0 Å². The Labute approximate surface area is 167 Å². The van der Waals surface area contributed by atoms with Crippen molar-refractivity contribution in [1.82, 2.24) is 0 Å². The van der Waals surface area contributed by atoms with Gasteiger partial charge in [0.1, 0.15) is 5.00 Å². The number of nitrogens with one attached hydrogen (secondary N) is 1. The Morgan fingerprint density at radius 1 is 1.07 bits per heavy atom. The number of ether oxygens (including phenoxy) is 2. The van der Waals surface area contributed by atoms with Crippen LogP contribution in [0.5, 0.6) is 0 Å². The summed E-state index contributed by atoms with van der Waals surface area (Å²) in [5.74, 6) is -1.69. The Balaban J connectivity index is 2.04. The van der Waals surface area contributed by atoms with Crippen molar-refractivity contribution in [3.05, 3.63) is 51.4 Å². The molecule has 0 saturated carbocycles. The Morgan fingerprint density at radius 3 is 2.32 bits per heavy atom. The van der Waals surface area contributed by atoms with Gasteiger partial charge in [0.05, 0.1) is 24.3 Å². The van der Waals surface area contributed by atoms with Crippen LogP contribution in [0.4, 0.5) is 5.00 Å². The van der Waals surface area contributed by atoms with Crippen LogP contribution in [0.25, 0.3) is 0 Å². The van der Waals surface area contributed by atoms with Gasteiger partial charge in [0.2, 0.25) is 0 Å². The molecule has 1 amide bonds. The van der Waals surface area contributed by atoms with Crippen molar-refractivity contribution in [1.29, 1.82) is 0 Å². The number of hydrogen-bond acceptors (Lipinski definition) is 7. The lowest BCUT2D eigenvalue weighted by Gasteiger charge is -2.08. The molecule has 150 valence electrons. The molecular weight excluding hydrogens is 382 g/mol. The van der Waals surface area contributed by atoms with Gasteiger partial charge in [-0.2, -0.15) is 0 Å². The van der Waals surface area contributed by atoms with E-state index in [-0.39, 0.29) is 18.8 Å². The summed E-state index contributed by atoms with van der Waals surface area (Å²) in [7, 11) is 0. The van der Waals surface area contributed by atoms with Gasteiger partial charge in [0, 0.05) is 4.88 Å². The molecule has 0 saturated heterocycles. The maximum Gasteiger partial charge on any atom is 0.341 e. The third-order valence-corrected chi connectivity index (χ3v) is 5.36. The predicted octanol–water partition coefficient (Wildman–Crippen LogP) is 3.08. The zero-order valence-corrected chi connectivity index (χ0v) is 16.9. The molecule has 0 aliphatic rings. The molecule has 1 aromatic heterocycles. The first-order valence-corrected chi connectivity index (χ1v) is 9.69. The van der Waals surface area contributed by atoms with Crippen LogP contribution in [0, 0.1) is 6.92 Å². The molecule has 0 bridgehead atoms. The number of rotatable bonds is 8. The minimum Gasteiger partial charge on any atom is -0.462 e. The summed E-state index contributed by atoms with van der Waals surface area (Å²) in [6.45, 7) is 5.11. The Hall–Kier alpha value is -2.71. The highest BCUT2D eigenvalue weighted by Crippen LogP contribution is 2.34. The van der Waals surface area contributed by atoms with E-state index in [4.69, 9.17) is 14.6 Å². The largest absolute Gasteiger partial charge is 0.462 e. The Morgan fingerprint density at radius 2 is 1.75 bits per heavy atom. The Bertz CT molecular complexity index is 856. The summed E-state index contributed by atoms with van der Waals surface area (Å²) < 4.78 is 10.1. The maximum atomic E-state index is 12.2. The van der Waals surface area contributed by atoms with Crippen molar-refractivity contribution in [2.75, 3.05) is 18.5 Å². The van der Waals surface area contributed by atoms with E-state index in [0.717, 1.165) is 16.9 Å². The first-order chi connectivity index (χ1) is 13.4. The van der Waals surface area contributed by atoms with Crippen LogP contribution < -0.4 is 5.32 Å². The molecule has 2 N–H and O–H groups in total. The van der Waals surface area contributed by atoms with Crippen molar-refractivity contribution in [3.63, 3.8) is 0 Å². The van der Waals surface area contributed by atoms with E-state index in [1.165, 1.54) is 23.5 Å². The summed E-state index contributed by atoms with van der Waals surface area (Å²) in [6.07, 6.45) is 0.720. The second-order valence-corrected chi connectivity index (χ2v) is 7.01. The van der Waals surface area contributed by atoms with Crippen LogP contribution in [0.3, 0.4) is 0 Å². The summed E-state index contributed by atoms with van der Waals surface area (Å²) in [4.78, 5) is 37.5. The van der Waals surface area contributed by atoms with E-state index in [9.17, 15) is 14.4 Å². The van der Waals surface area contributed by atoms with Gasteiger partial charge in [0.25, 0.3) is 5.91 Å². The first kappa shape index (κ1) is 21.6. The van der Waals surface area contributed by atoms with Gasteiger partial charge in [-0.15, -0.1) is 11.3 Å². The normalized spacial score (nSPS) is 10.4. The van der Waals surface area contributed by atoms with E-state index < -0.39 is 24.5 Å².